The van der Waals surface area contributed by atoms with Crippen LogP contribution >= 0.6 is 0 Å². The van der Waals surface area contributed by atoms with E-state index in [1.165, 1.54) is 0 Å². The van der Waals surface area contributed by atoms with Crippen LogP contribution in [-0.4, -0.2) is 46.8 Å². The van der Waals surface area contributed by atoms with E-state index in [9.17, 15) is 14.4 Å². The van der Waals surface area contributed by atoms with E-state index in [1.807, 2.05) is 6.07 Å². The number of nitrogens with one attached hydrogen (secondary N) is 1. The van der Waals surface area contributed by atoms with Gasteiger partial charge < -0.3 is 14.6 Å². The highest BCUT2D eigenvalue weighted by Gasteiger charge is 2.55. The van der Waals surface area contributed by atoms with Gasteiger partial charge in [0.25, 0.3) is 5.91 Å². The molecular weight excluding hydrogens is 334 g/mol. The lowest BCUT2D eigenvalue weighted by Crippen LogP contribution is -2.49. The van der Waals surface area contributed by atoms with Crippen LogP contribution in [0.25, 0.3) is 0 Å². The number of aryl methyl sites for hydroxylation is 1. The molecule has 1 atom stereocenters. The molecule has 2 heterocycles. The molecule has 3 aliphatic rings. The molecule has 1 spiro atoms. The molecule has 0 aromatic carbocycles. The predicted molar refractivity (Wildman–Crippen MR) is 93.2 cm³/mol. The van der Waals surface area contributed by atoms with Gasteiger partial charge in [-0.3, -0.25) is 14.5 Å². The molecule has 4 rings (SSSR count). The summed E-state index contributed by atoms with van der Waals surface area (Å²) in [7, 11) is 1.68. The third kappa shape index (κ3) is 2.61. The Hall–Kier alpha value is -2.31. The molecule has 0 radical (unpaired) electrons. The highest BCUT2D eigenvalue weighted by Crippen LogP contribution is 2.39. The van der Waals surface area contributed by atoms with E-state index in [4.69, 9.17) is 4.42 Å². The second-order valence-corrected chi connectivity index (χ2v) is 7.64. The van der Waals surface area contributed by atoms with E-state index >= 15 is 0 Å². The molecule has 7 nitrogen and oxygen atoms in total. The van der Waals surface area contributed by atoms with Crippen molar-refractivity contribution < 1.29 is 18.8 Å². The molecule has 0 bridgehead atoms. The first kappa shape index (κ1) is 17.1. The van der Waals surface area contributed by atoms with Crippen LogP contribution in [0.15, 0.2) is 16.7 Å². The zero-order chi connectivity index (χ0) is 18.3. The molecule has 1 saturated carbocycles. The van der Waals surface area contributed by atoms with Gasteiger partial charge in [0.1, 0.15) is 17.8 Å². The minimum Gasteiger partial charge on any atom is -0.469 e. The van der Waals surface area contributed by atoms with Gasteiger partial charge >= 0.3 is 6.03 Å². The van der Waals surface area contributed by atoms with E-state index in [2.05, 4.69) is 5.32 Å². The van der Waals surface area contributed by atoms with Gasteiger partial charge in [0.05, 0.1) is 12.3 Å². The van der Waals surface area contributed by atoms with E-state index in [-0.39, 0.29) is 30.4 Å². The second-order valence-electron chi connectivity index (χ2n) is 7.64. The van der Waals surface area contributed by atoms with Crippen LogP contribution in [0.5, 0.6) is 0 Å². The summed E-state index contributed by atoms with van der Waals surface area (Å²) in [5, 5.41) is 2.97. The Labute approximate surface area is 152 Å². The number of carbonyl (C=O) groups excluding carboxylic acids is 3. The maximum atomic E-state index is 13.0. The highest BCUT2D eigenvalue weighted by atomic mass is 16.3. The van der Waals surface area contributed by atoms with Crippen LogP contribution in [0.2, 0.25) is 0 Å². The highest BCUT2D eigenvalue weighted by molar-refractivity contribution is 6.08. The number of nitrogens with zero attached hydrogens (tertiary/aromatic N) is 2. The van der Waals surface area contributed by atoms with Gasteiger partial charge in [-0.05, 0) is 31.7 Å². The Morgan fingerprint density at radius 2 is 2.04 bits per heavy atom. The Balaban J connectivity index is 1.45. The molecule has 26 heavy (non-hydrogen) atoms. The van der Waals surface area contributed by atoms with Gasteiger partial charge in [-0.25, -0.2) is 4.79 Å². The van der Waals surface area contributed by atoms with E-state index in [0.717, 1.165) is 54.7 Å². The summed E-state index contributed by atoms with van der Waals surface area (Å²) in [6.45, 7) is -0.215. The normalized spacial score (nSPS) is 24.9. The fraction of sp³-hybridized carbons (Fsp3) is 0.632. The van der Waals surface area contributed by atoms with E-state index in [0.29, 0.717) is 12.8 Å². The molecule has 4 amide bonds. The van der Waals surface area contributed by atoms with Gasteiger partial charge in [0.15, 0.2) is 0 Å². The topological polar surface area (TPSA) is 82.9 Å². The number of carbonyl (C=O) groups is 3. The van der Waals surface area contributed by atoms with Crippen molar-refractivity contribution in [1.82, 2.24) is 15.1 Å². The van der Waals surface area contributed by atoms with Crippen molar-refractivity contribution in [2.24, 2.45) is 0 Å². The van der Waals surface area contributed by atoms with Crippen LogP contribution in [0.1, 0.15) is 62.3 Å². The minimum atomic E-state index is -0.738. The van der Waals surface area contributed by atoms with Gasteiger partial charge in [0.2, 0.25) is 5.91 Å². The summed E-state index contributed by atoms with van der Waals surface area (Å²) in [5.41, 5.74) is 0.266. The third-order valence-corrected chi connectivity index (χ3v) is 6.17. The zero-order valence-electron chi connectivity index (χ0n) is 15.1. The van der Waals surface area contributed by atoms with Crippen molar-refractivity contribution in [3.8, 4) is 0 Å². The summed E-state index contributed by atoms with van der Waals surface area (Å²) in [6, 6.07) is 1.41. The van der Waals surface area contributed by atoms with Crippen molar-refractivity contribution in [1.29, 1.82) is 0 Å². The van der Waals surface area contributed by atoms with Crippen LogP contribution < -0.4 is 5.32 Å². The van der Waals surface area contributed by atoms with Gasteiger partial charge in [0, 0.05) is 19.0 Å². The monoisotopic (exact) mass is 359 g/mol. The zero-order valence-corrected chi connectivity index (χ0v) is 15.1. The van der Waals surface area contributed by atoms with Crippen molar-refractivity contribution in [3.63, 3.8) is 0 Å². The molecular formula is C19H25N3O4. The van der Waals surface area contributed by atoms with Crippen molar-refractivity contribution >= 4 is 17.8 Å². The van der Waals surface area contributed by atoms with Crippen LogP contribution in [0, 0.1) is 0 Å². The number of hydrogen-bond donors (Lipinski definition) is 1. The minimum absolute atomic E-state index is 0.112. The maximum Gasteiger partial charge on any atom is 0.327 e. The number of rotatable bonds is 3. The first-order chi connectivity index (χ1) is 12.5. The summed E-state index contributed by atoms with van der Waals surface area (Å²) in [4.78, 5) is 40.8. The second kappa shape index (κ2) is 6.45. The van der Waals surface area contributed by atoms with Crippen LogP contribution in [0.4, 0.5) is 4.79 Å². The number of amides is 4. The number of imide groups is 1. The molecule has 1 aromatic heterocycles. The number of fused-ring (bicyclic) bond motifs is 1. The summed E-state index contributed by atoms with van der Waals surface area (Å²) in [5.74, 6) is 0.398. The average molecular weight is 359 g/mol. The Kier molecular flexibility index (Phi) is 4.25. The molecule has 2 aliphatic carbocycles. The van der Waals surface area contributed by atoms with Gasteiger partial charge in [-0.2, -0.15) is 0 Å². The predicted octanol–water partition coefficient (Wildman–Crippen LogP) is 2.37. The van der Waals surface area contributed by atoms with Crippen molar-refractivity contribution in [2.75, 3.05) is 13.6 Å². The first-order valence-electron chi connectivity index (χ1n) is 9.48. The summed E-state index contributed by atoms with van der Waals surface area (Å²) in [6.07, 6.45) is 8.65. The third-order valence-electron chi connectivity index (χ3n) is 6.17. The Bertz CT molecular complexity index is 735. The van der Waals surface area contributed by atoms with Crippen molar-refractivity contribution in [3.05, 3.63) is 23.7 Å². The lowest BCUT2D eigenvalue weighted by Gasteiger charge is -2.35. The molecule has 1 N–H and O–H groups in total. The molecule has 140 valence electrons. The fourth-order valence-corrected chi connectivity index (χ4v) is 4.69. The average Bonchev–Trinajstić information content (AvgIpc) is 3.19. The van der Waals surface area contributed by atoms with E-state index in [1.54, 1.807) is 18.2 Å². The lowest BCUT2D eigenvalue weighted by molar-refractivity contribution is -0.137. The van der Waals surface area contributed by atoms with Crippen LogP contribution in [0.3, 0.4) is 0 Å². The maximum absolute atomic E-state index is 13.0. The van der Waals surface area contributed by atoms with Gasteiger partial charge in [-0.15, -0.1) is 0 Å². The van der Waals surface area contributed by atoms with Gasteiger partial charge in [-0.1, -0.05) is 19.3 Å². The quantitative estimate of drug-likeness (QED) is 0.840. The molecule has 1 aromatic rings. The molecule has 7 heteroatoms. The lowest BCUT2D eigenvalue weighted by atomic mass is 9.81. The standard InChI is InChI=1S/C19H25N3O4/c1-21-18(25)22(17(24)19(21)9-3-2-4-10-19)12-16(23)20-14-6-5-7-15-13(14)8-11-26-15/h8,11,14H,2-7,9-10,12H2,1H3,(H,20,23). The smallest absolute Gasteiger partial charge is 0.327 e. The summed E-state index contributed by atoms with van der Waals surface area (Å²) >= 11 is 0. The summed E-state index contributed by atoms with van der Waals surface area (Å²) < 4.78 is 5.45. The fourth-order valence-electron chi connectivity index (χ4n) is 4.69. The number of likely N-dealkylation sites (N-methyl/N-ethyl adjacent to an activating group) is 1. The first-order valence-corrected chi connectivity index (χ1v) is 9.48. The molecule has 2 fully saturated rings. The molecule has 1 saturated heterocycles. The molecule has 1 aliphatic heterocycles. The Morgan fingerprint density at radius 3 is 2.81 bits per heavy atom. The molecule has 1 unspecified atom stereocenters. The number of urea groups is 1. The van der Waals surface area contributed by atoms with Crippen LogP contribution in [-0.2, 0) is 16.0 Å². The van der Waals surface area contributed by atoms with E-state index < -0.39 is 5.54 Å². The SMILES string of the molecule is CN1C(=O)N(CC(=O)NC2CCCc3occc32)C(=O)C12CCCCC2. The number of hydrogen-bond acceptors (Lipinski definition) is 4. The Morgan fingerprint density at radius 1 is 1.27 bits per heavy atom. The van der Waals surface area contributed by atoms with Crippen molar-refractivity contribution in [2.45, 2.75) is 62.9 Å². The number of furan rings is 1. The largest absolute Gasteiger partial charge is 0.469 e.